The monoisotopic (exact) mass is 258 g/mol. The molecule has 4 heteroatoms. The summed E-state index contributed by atoms with van der Waals surface area (Å²) in [5, 5.41) is 3.78. The topological polar surface area (TPSA) is 55.1 Å². The number of carbonyl (C=O) groups excluding carboxylic acids is 1. The fraction of sp³-hybridized carbons (Fsp3) is 0.214. The Balaban J connectivity index is 2.28. The predicted octanol–water partition coefficient (Wildman–Crippen LogP) is 2.63. The van der Waals surface area contributed by atoms with Crippen LogP contribution < -0.4 is 11.1 Å². The first-order valence-corrected chi connectivity index (χ1v) is 6.46. The standard InChI is InChI=1S/C14H14N2OS/c1-3-6-9(2)16-14(17)13-12(15)10-7-4-5-8-11(10)18-13/h1,4-5,7-9H,6,15H2,2H3,(H,16,17). The second kappa shape index (κ2) is 5.11. The minimum absolute atomic E-state index is 0.0490. The van der Waals surface area contributed by atoms with Crippen molar-refractivity contribution in [2.75, 3.05) is 5.73 Å². The zero-order valence-corrected chi connectivity index (χ0v) is 10.9. The summed E-state index contributed by atoms with van der Waals surface area (Å²) in [5.41, 5.74) is 6.54. The summed E-state index contributed by atoms with van der Waals surface area (Å²) in [6.07, 6.45) is 5.72. The number of terminal acetylenes is 1. The van der Waals surface area contributed by atoms with Crippen molar-refractivity contribution in [3.8, 4) is 12.3 Å². The fourth-order valence-electron chi connectivity index (χ4n) is 1.75. The molecule has 2 aromatic rings. The third kappa shape index (κ3) is 2.31. The van der Waals surface area contributed by atoms with Gasteiger partial charge in [0.2, 0.25) is 0 Å². The van der Waals surface area contributed by atoms with Gasteiger partial charge in [-0.1, -0.05) is 18.2 Å². The van der Waals surface area contributed by atoms with Crippen LogP contribution in [0, 0.1) is 12.3 Å². The fourth-order valence-corrected chi connectivity index (χ4v) is 2.78. The van der Waals surface area contributed by atoms with Gasteiger partial charge in [0, 0.05) is 22.5 Å². The first kappa shape index (κ1) is 12.5. The number of anilines is 1. The van der Waals surface area contributed by atoms with E-state index in [1.54, 1.807) is 0 Å². The van der Waals surface area contributed by atoms with Crippen molar-refractivity contribution in [2.24, 2.45) is 0 Å². The van der Waals surface area contributed by atoms with Gasteiger partial charge < -0.3 is 11.1 Å². The molecule has 3 N–H and O–H groups in total. The van der Waals surface area contributed by atoms with E-state index in [0.29, 0.717) is 17.0 Å². The first-order chi connectivity index (χ1) is 8.63. The lowest BCUT2D eigenvalue weighted by atomic mass is 10.2. The smallest absolute Gasteiger partial charge is 0.263 e. The van der Waals surface area contributed by atoms with Gasteiger partial charge in [0.15, 0.2) is 0 Å². The molecule has 0 aliphatic heterocycles. The van der Waals surface area contributed by atoms with Crippen molar-refractivity contribution in [3.63, 3.8) is 0 Å². The maximum atomic E-state index is 12.1. The maximum absolute atomic E-state index is 12.1. The molecule has 0 fully saturated rings. The summed E-state index contributed by atoms with van der Waals surface area (Å²) in [5.74, 6) is 2.37. The Hall–Kier alpha value is -1.99. The van der Waals surface area contributed by atoms with Gasteiger partial charge in [-0.3, -0.25) is 4.79 Å². The number of carbonyl (C=O) groups is 1. The molecule has 0 saturated carbocycles. The Morgan fingerprint density at radius 1 is 1.56 bits per heavy atom. The van der Waals surface area contributed by atoms with E-state index in [-0.39, 0.29) is 11.9 Å². The number of nitrogens with one attached hydrogen (secondary N) is 1. The summed E-state index contributed by atoms with van der Waals surface area (Å²) in [6.45, 7) is 1.88. The summed E-state index contributed by atoms with van der Waals surface area (Å²) >= 11 is 1.40. The molecule has 1 amide bonds. The van der Waals surface area contributed by atoms with Gasteiger partial charge >= 0.3 is 0 Å². The van der Waals surface area contributed by atoms with Crippen LogP contribution in [0.2, 0.25) is 0 Å². The quantitative estimate of drug-likeness (QED) is 0.831. The summed E-state index contributed by atoms with van der Waals surface area (Å²) in [6, 6.07) is 7.67. The molecule has 0 bridgehead atoms. The number of hydrogen-bond donors (Lipinski definition) is 2. The average Bonchev–Trinajstić information content (AvgIpc) is 2.68. The van der Waals surface area contributed by atoms with Gasteiger partial charge in [-0.2, -0.15) is 0 Å². The minimum atomic E-state index is -0.156. The second-order valence-corrected chi connectivity index (χ2v) is 5.18. The van der Waals surface area contributed by atoms with Crippen LogP contribution >= 0.6 is 11.3 Å². The number of rotatable bonds is 3. The van der Waals surface area contributed by atoms with Gasteiger partial charge in [0.05, 0.1) is 5.69 Å². The Morgan fingerprint density at radius 3 is 2.94 bits per heavy atom. The average molecular weight is 258 g/mol. The number of benzene rings is 1. The van der Waals surface area contributed by atoms with Gasteiger partial charge in [0.25, 0.3) is 5.91 Å². The number of nitrogen functional groups attached to an aromatic ring is 1. The Bertz CT molecular complexity index is 624. The van der Waals surface area contributed by atoms with Crippen molar-refractivity contribution in [1.29, 1.82) is 0 Å². The molecule has 1 unspecified atom stereocenters. The normalized spacial score (nSPS) is 12.0. The molecule has 1 atom stereocenters. The number of hydrogen-bond acceptors (Lipinski definition) is 3. The number of amides is 1. The molecule has 0 spiro atoms. The molecule has 18 heavy (non-hydrogen) atoms. The largest absolute Gasteiger partial charge is 0.397 e. The minimum Gasteiger partial charge on any atom is -0.397 e. The highest BCUT2D eigenvalue weighted by molar-refractivity contribution is 7.21. The second-order valence-electron chi connectivity index (χ2n) is 4.12. The molecule has 3 nitrogen and oxygen atoms in total. The lowest BCUT2D eigenvalue weighted by Gasteiger charge is -2.09. The highest BCUT2D eigenvalue weighted by Gasteiger charge is 2.17. The summed E-state index contributed by atoms with van der Waals surface area (Å²) < 4.78 is 1.02. The molecule has 0 aliphatic rings. The van der Waals surface area contributed by atoms with Crippen LogP contribution in [0.5, 0.6) is 0 Å². The molecule has 1 heterocycles. The summed E-state index contributed by atoms with van der Waals surface area (Å²) in [4.78, 5) is 12.6. The van der Waals surface area contributed by atoms with E-state index >= 15 is 0 Å². The number of fused-ring (bicyclic) bond motifs is 1. The highest BCUT2D eigenvalue weighted by atomic mass is 32.1. The van der Waals surface area contributed by atoms with E-state index in [9.17, 15) is 4.79 Å². The molecule has 1 aromatic carbocycles. The first-order valence-electron chi connectivity index (χ1n) is 5.64. The SMILES string of the molecule is C#CCC(C)NC(=O)c1sc2ccccc2c1N. The third-order valence-electron chi connectivity index (χ3n) is 2.64. The zero-order chi connectivity index (χ0) is 13.1. The van der Waals surface area contributed by atoms with Crippen LogP contribution in [0.4, 0.5) is 5.69 Å². The van der Waals surface area contributed by atoms with Gasteiger partial charge in [-0.25, -0.2) is 0 Å². The Morgan fingerprint density at radius 2 is 2.28 bits per heavy atom. The maximum Gasteiger partial charge on any atom is 0.263 e. The van der Waals surface area contributed by atoms with Crippen LogP contribution in [-0.2, 0) is 0 Å². The molecule has 0 saturated heterocycles. The molecular formula is C14H14N2OS. The van der Waals surface area contributed by atoms with Crippen LogP contribution in [0.25, 0.3) is 10.1 Å². The van der Waals surface area contributed by atoms with E-state index in [1.807, 2.05) is 31.2 Å². The lowest BCUT2D eigenvalue weighted by Crippen LogP contribution is -2.32. The van der Waals surface area contributed by atoms with E-state index in [2.05, 4.69) is 11.2 Å². The Kier molecular flexibility index (Phi) is 3.54. The van der Waals surface area contributed by atoms with Crippen LogP contribution in [0.15, 0.2) is 24.3 Å². The zero-order valence-electron chi connectivity index (χ0n) is 10.1. The Labute approximate surface area is 110 Å². The van der Waals surface area contributed by atoms with E-state index in [1.165, 1.54) is 11.3 Å². The summed E-state index contributed by atoms with van der Waals surface area (Å²) in [7, 11) is 0. The van der Waals surface area contributed by atoms with Crippen LogP contribution in [0.3, 0.4) is 0 Å². The van der Waals surface area contributed by atoms with E-state index in [0.717, 1.165) is 10.1 Å². The van der Waals surface area contributed by atoms with Crippen molar-refractivity contribution < 1.29 is 4.79 Å². The van der Waals surface area contributed by atoms with E-state index < -0.39 is 0 Å². The van der Waals surface area contributed by atoms with Crippen LogP contribution in [-0.4, -0.2) is 11.9 Å². The van der Waals surface area contributed by atoms with Crippen molar-refractivity contribution in [2.45, 2.75) is 19.4 Å². The predicted molar refractivity (Wildman–Crippen MR) is 76.6 cm³/mol. The molecule has 0 radical (unpaired) electrons. The lowest BCUT2D eigenvalue weighted by molar-refractivity contribution is 0.0946. The van der Waals surface area contributed by atoms with Crippen LogP contribution in [0.1, 0.15) is 23.0 Å². The van der Waals surface area contributed by atoms with Crippen molar-refractivity contribution >= 4 is 33.0 Å². The van der Waals surface area contributed by atoms with Crippen molar-refractivity contribution in [3.05, 3.63) is 29.1 Å². The molecule has 0 aliphatic carbocycles. The van der Waals surface area contributed by atoms with Gasteiger partial charge in [-0.05, 0) is 13.0 Å². The number of nitrogens with two attached hydrogens (primary N) is 1. The van der Waals surface area contributed by atoms with Gasteiger partial charge in [0.1, 0.15) is 4.88 Å². The molecule has 92 valence electrons. The molecule has 1 aromatic heterocycles. The number of thiophene rings is 1. The molecular weight excluding hydrogens is 244 g/mol. The highest BCUT2D eigenvalue weighted by Crippen LogP contribution is 2.33. The molecule has 2 rings (SSSR count). The van der Waals surface area contributed by atoms with E-state index in [4.69, 9.17) is 12.2 Å². The van der Waals surface area contributed by atoms with Crippen molar-refractivity contribution in [1.82, 2.24) is 5.32 Å². The van der Waals surface area contributed by atoms with Gasteiger partial charge in [-0.15, -0.1) is 23.7 Å². The third-order valence-corrected chi connectivity index (χ3v) is 3.83.